The Kier molecular flexibility index (Phi) is 8.00. The van der Waals surface area contributed by atoms with Crippen LogP contribution in [0.5, 0.6) is 0 Å². The number of imidazole rings is 1. The van der Waals surface area contributed by atoms with E-state index >= 15 is 0 Å². The summed E-state index contributed by atoms with van der Waals surface area (Å²) in [5, 5.41) is 3.50. The van der Waals surface area contributed by atoms with Crippen molar-refractivity contribution in [3.05, 3.63) is 64.9 Å². The average molecular weight is 467 g/mol. The van der Waals surface area contributed by atoms with Gasteiger partial charge in [0, 0.05) is 49.6 Å². The number of carbonyl (C=O) groups is 2. The number of carbonyl (C=O) groups excluding carboxylic acids is 2. The lowest BCUT2D eigenvalue weighted by molar-refractivity contribution is -0.131. The number of aromatic nitrogens is 2. The molecule has 0 atom stereocenters. The molecule has 0 bridgehead atoms. The quantitative estimate of drug-likeness (QED) is 0.483. The van der Waals surface area contributed by atoms with Crippen molar-refractivity contribution >= 4 is 34.4 Å². The molecule has 33 heavy (non-hydrogen) atoms. The Morgan fingerprint density at radius 3 is 2.58 bits per heavy atom. The highest BCUT2D eigenvalue weighted by Crippen LogP contribution is 2.19. The van der Waals surface area contributed by atoms with Gasteiger partial charge in [0.25, 0.3) is 5.91 Å². The van der Waals surface area contributed by atoms with Gasteiger partial charge >= 0.3 is 0 Å². The van der Waals surface area contributed by atoms with Gasteiger partial charge in [0.1, 0.15) is 5.82 Å². The molecule has 2 amide bonds. The Hall–Kier alpha value is -2.86. The van der Waals surface area contributed by atoms with Crippen LogP contribution in [-0.2, 0) is 17.8 Å². The van der Waals surface area contributed by atoms with Crippen molar-refractivity contribution < 1.29 is 9.59 Å². The molecule has 1 aliphatic heterocycles. The zero-order chi connectivity index (χ0) is 23.0. The molecule has 1 N–H and O–H groups in total. The number of fused-ring (bicyclic) bond motifs is 1. The topological polar surface area (TPSA) is 67.2 Å². The highest BCUT2D eigenvalue weighted by Gasteiger charge is 2.17. The number of halogens is 1. The number of para-hydroxylation sites is 2. The van der Waals surface area contributed by atoms with Gasteiger partial charge in [-0.15, -0.1) is 0 Å². The second kappa shape index (κ2) is 11.3. The van der Waals surface area contributed by atoms with Crippen LogP contribution in [0.4, 0.5) is 0 Å². The summed E-state index contributed by atoms with van der Waals surface area (Å²) < 4.78 is 2.17. The van der Waals surface area contributed by atoms with E-state index in [9.17, 15) is 9.59 Å². The van der Waals surface area contributed by atoms with E-state index in [0.717, 1.165) is 55.6 Å². The number of hydrogen-bond donors (Lipinski definition) is 1. The molecule has 0 saturated carbocycles. The van der Waals surface area contributed by atoms with Gasteiger partial charge in [-0.1, -0.05) is 42.6 Å². The summed E-state index contributed by atoms with van der Waals surface area (Å²) in [6.45, 7) is 2.92. The van der Waals surface area contributed by atoms with Crippen LogP contribution in [0.2, 0.25) is 5.02 Å². The molecule has 1 aliphatic rings. The fourth-order valence-electron chi connectivity index (χ4n) is 4.43. The lowest BCUT2D eigenvalue weighted by Gasteiger charge is -2.20. The number of rotatable bonds is 8. The normalized spacial score (nSPS) is 14.3. The number of amides is 2. The molecular formula is C26H31ClN4O2. The number of hydrogen-bond acceptors (Lipinski definition) is 3. The van der Waals surface area contributed by atoms with Gasteiger partial charge in [-0.2, -0.15) is 0 Å². The summed E-state index contributed by atoms with van der Waals surface area (Å²) in [5.74, 6) is 1.06. The molecule has 7 heteroatoms. The standard InChI is InChI=1S/C26H31ClN4O2/c27-21-10-7-9-20(19-21)26(33)28-15-8-13-24-29-22-11-3-4-12-23(22)31(24)18-14-25(32)30-16-5-1-2-6-17-30/h3-4,7,9-12,19H,1-2,5-6,8,13-18H2,(H,28,33). The molecule has 0 radical (unpaired) electrons. The maximum Gasteiger partial charge on any atom is 0.251 e. The molecule has 0 aliphatic carbocycles. The average Bonchev–Trinajstić information content (AvgIpc) is 2.97. The molecule has 1 saturated heterocycles. The first-order valence-electron chi connectivity index (χ1n) is 11.9. The fraction of sp³-hybridized carbons (Fsp3) is 0.423. The monoisotopic (exact) mass is 466 g/mol. The molecule has 2 aromatic carbocycles. The summed E-state index contributed by atoms with van der Waals surface area (Å²) in [7, 11) is 0. The van der Waals surface area contributed by atoms with Crippen molar-refractivity contribution in [1.82, 2.24) is 19.8 Å². The Labute approximate surface area is 199 Å². The number of benzene rings is 2. The van der Waals surface area contributed by atoms with E-state index in [1.165, 1.54) is 12.8 Å². The zero-order valence-corrected chi connectivity index (χ0v) is 19.7. The van der Waals surface area contributed by atoms with Gasteiger partial charge in [-0.25, -0.2) is 4.98 Å². The highest BCUT2D eigenvalue weighted by atomic mass is 35.5. The Bertz CT molecular complexity index is 1100. The summed E-state index contributed by atoms with van der Waals surface area (Å²) in [4.78, 5) is 32.0. The predicted molar refractivity (Wildman–Crippen MR) is 132 cm³/mol. The van der Waals surface area contributed by atoms with Gasteiger partial charge in [0.2, 0.25) is 5.91 Å². The molecule has 1 fully saturated rings. The third-order valence-electron chi connectivity index (χ3n) is 6.19. The second-order valence-electron chi connectivity index (χ2n) is 8.58. The Balaban J connectivity index is 1.36. The first kappa shape index (κ1) is 23.3. The molecule has 0 unspecified atom stereocenters. The van der Waals surface area contributed by atoms with Crippen LogP contribution in [0.3, 0.4) is 0 Å². The summed E-state index contributed by atoms with van der Waals surface area (Å²) in [6, 6.07) is 15.0. The Morgan fingerprint density at radius 2 is 1.79 bits per heavy atom. The van der Waals surface area contributed by atoms with Crippen molar-refractivity contribution in [3.63, 3.8) is 0 Å². The molecule has 6 nitrogen and oxygen atoms in total. The van der Waals surface area contributed by atoms with Gasteiger partial charge < -0.3 is 14.8 Å². The van der Waals surface area contributed by atoms with E-state index in [4.69, 9.17) is 16.6 Å². The van der Waals surface area contributed by atoms with Gasteiger partial charge in [-0.3, -0.25) is 9.59 Å². The fourth-order valence-corrected chi connectivity index (χ4v) is 4.62. The SMILES string of the molecule is O=C(NCCCc1nc2ccccc2n1CCC(=O)N1CCCCCC1)c1cccc(Cl)c1. The Morgan fingerprint density at radius 1 is 1.00 bits per heavy atom. The third-order valence-corrected chi connectivity index (χ3v) is 6.43. The van der Waals surface area contributed by atoms with E-state index < -0.39 is 0 Å². The van der Waals surface area contributed by atoms with Crippen molar-refractivity contribution in [2.45, 2.75) is 51.5 Å². The van der Waals surface area contributed by atoms with Gasteiger partial charge in [-0.05, 0) is 49.6 Å². The first-order valence-corrected chi connectivity index (χ1v) is 12.3. The van der Waals surface area contributed by atoms with E-state index in [0.29, 0.717) is 30.1 Å². The van der Waals surface area contributed by atoms with Crippen LogP contribution in [-0.4, -0.2) is 45.9 Å². The van der Waals surface area contributed by atoms with Gasteiger partial charge in [0.15, 0.2) is 0 Å². The largest absolute Gasteiger partial charge is 0.352 e. The van der Waals surface area contributed by atoms with Crippen molar-refractivity contribution in [2.75, 3.05) is 19.6 Å². The molecule has 1 aromatic heterocycles. The van der Waals surface area contributed by atoms with Crippen LogP contribution in [0.1, 0.15) is 54.7 Å². The molecule has 3 aromatic rings. The van der Waals surface area contributed by atoms with Crippen LogP contribution >= 0.6 is 11.6 Å². The molecule has 0 spiro atoms. The second-order valence-corrected chi connectivity index (χ2v) is 9.02. The smallest absolute Gasteiger partial charge is 0.251 e. The van der Waals surface area contributed by atoms with Crippen LogP contribution < -0.4 is 5.32 Å². The lowest BCUT2D eigenvalue weighted by Crippen LogP contribution is -2.32. The van der Waals surface area contributed by atoms with Crippen LogP contribution in [0.15, 0.2) is 48.5 Å². The maximum absolute atomic E-state index is 12.8. The number of likely N-dealkylation sites (tertiary alicyclic amines) is 1. The third kappa shape index (κ3) is 6.14. The van der Waals surface area contributed by atoms with E-state index in [2.05, 4.69) is 16.0 Å². The van der Waals surface area contributed by atoms with Crippen molar-refractivity contribution in [1.29, 1.82) is 0 Å². The first-order chi connectivity index (χ1) is 16.1. The minimum Gasteiger partial charge on any atom is -0.352 e. The molecule has 174 valence electrons. The number of nitrogens with zero attached hydrogens (tertiary/aromatic N) is 3. The highest BCUT2D eigenvalue weighted by molar-refractivity contribution is 6.30. The van der Waals surface area contributed by atoms with Gasteiger partial charge in [0.05, 0.1) is 11.0 Å². The molecule has 4 rings (SSSR count). The maximum atomic E-state index is 12.8. The number of aryl methyl sites for hydroxylation is 2. The van der Waals surface area contributed by atoms with Crippen molar-refractivity contribution in [2.24, 2.45) is 0 Å². The van der Waals surface area contributed by atoms with Crippen molar-refractivity contribution in [3.8, 4) is 0 Å². The molecule has 2 heterocycles. The summed E-state index contributed by atoms with van der Waals surface area (Å²) >= 11 is 5.98. The number of nitrogens with one attached hydrogen (secondary N) is 1. The lowest BCUT2D eigenvalue weighted by atomic mass is 10.2. The zero-order valence-electron chi connectivity index (χ0n) is 18.9. The van der Waals surface area contributed by atoms with Crippen LogP contribution in [0.25, 0.3) is 11.0 Å². The van der Waals surface area contributed by atoms with Crippen LogP contribution in [0, 0.1) is 0 Å². The predicted octanol–water partition coefficient (Wildman–Crippen LogP) is 4.85. The summed E-state index contributed by atoms with van der Waals surface area (Å²) in [5.41, 5.74) is 2.55. The van der Waals surface area contributed by atoms with E-state index in [1.54, 1.807) is 24.3 Å². The minimum absolute atomic E-state index is 0.131. The summed E-state index contributed by atoms with van der Waals surface area (Å²) in [6.07, 6.45) is 6.61. The van der Waals surface area contributed by atoms with E-state index in [-0.39, 0.29) is 11.8 Å². The van der Waals surface area contributed by atoms with E-state index in [1.807, 2.05) is 23.1 Å². The minimum atomic E-state index is -0.131. The molecular weight excluding hydrogens is 436 g/mol.